The monoisotopic (exact) mass is 534 g/mol. The molecule has 2 aromatic heterocycles. The van der Waals surface area contributed by atoms with Gasteiger partial charge in [0.1, 0.15) is 5.82 Å². The van der Waals surface area contributed by atoms with Gasteiger partial charge >= 0.3 is 5.97 Å². The molecule has 4 aromatic rings. The number of nitrogens with zero attached hydrogens (tertiary/aromatic N) is 4. The minimum absolute atomic E-state index is 0.0433. The molecule has 4 rings (SSSR count). The fourth-order valence-electron chi connectivity index (χ4n) is 4.17. The zero-order valence-electron chi connectivity index (χ0n) is 20.3. The highest BCUT2D eigenvalue weighted by atomic mass is 79.9. The molecule has 0 saturated heterocycles. The number of fused-ring (bicyclic) bond motifs is 1. The molecule has 0 radical (unpaired) electrons. The standard InChI is InChI=1S/C27H27BrN4O3/c1-6-15(2)25-30-23-10-9-21(28)13-22(23)26(33)32(25)29-14-20-11-17(4)31(18(20)5)24-12-19(27(34)35)8-7-16(24)3/h7-15H,6H2,1-5H3,(H,34,35)/t15-/m0/s1. The lowest BCUT2D eigenvalue weighted by molar-refractivity contribution is 0.0697. The van der Waals surface area contributed by atoms with Gasteiger partial charge in [0, 0.05) is 33.0 Å². The van der Waals surface area contributed by atoms with Crippen LogP contribution in [0.1, 0.15) is 64.9 Å². The second-order valence-electron chi connectivity index (χ2n) is 8.77. The van der Waals surface area contributed by atoms with E-state index in [0.717, 1.165) is 39.1 Å². The molecule has 0 aliphatic heterocycles. The smallest absolute Gasteiger partial charge is 0.335 e. The summed E-state index contributed by atoms with van der Waals surface area (Å²) in [5.41, 5.74) is 5.07. The van der Waals surface area contributed by atoms with Crippen LogP contribution in [-0.2, 0) is 0 Å². The van der Waals surface area contributed by atoms with Crippen LogP contribution in [0.15, 0.2) is 56.8 Å². The molecule has 35 heavy (non-hydrogen) atoms. The van der Waals surface area contributed by atoms with Gasteiger partial charge in [-0.1, -0.05) is 35.8 Å². The van der Waals surface area contributed by atoms with E-state index in [4.69, 9.17) is 4.98 Å². The summed E-state index contributed by atoms with van der Waals surface area (Å²) in [7, 11) is 0. The number of rotatable bonds is 6. The molecule has 8 heteroatoms. The Hall–Kier alpha value is -3.52. The summed E-state index contributed by atoms with van der Waals surface area (Å²) < 4.78 is 4.21. The van der Waals surface area contributed by atoms with Gasteiger partial charge in [-0.15, -0.1) is 0 Å². The highest BCUT2D eigenvalue weighted by molar-refractivity contribution is 9.10. The third kappa shape index (κ3) is 4.58. The molecule has 2 heterocycles. The average Bonchev–Trinajstić information content (AvgIpc) is 3.11. The first-order chi connectivity index (χ1) is 16.6. The van der Waals surface area contributed by atoms with Crippen molar-refractivity contribution in [3.63, 3.8) is 0 Å². The lowest BCUT2D eigenvalue weighted by Gasteiger charge is -2.14. The third-order valence-electron chi connectivity index (χ3n) is 6.37. The van der Waals surface area contributed by atoms with E-state index in [2.05, 4.69) is 28.0 Å². The Morgan fingerprint density at radius 3 is 2.60 bits per heavy atom. The Morgan fingerprint density at radius 2 is 1.91 bits per heavy atom. The summed E-state index contributed by atoms with van der Waals surface area (Å²) in [6, 6.07) is 12.5. The summed E-state index contributed by atoms with van der Waals surface area (Å²) in [5.74, 6) is -0.313. The van der Waals surface area contributed by atoms with E-state index in [1.54, 1.807) is 24.4 Å². The molecule has 180 valence electrons. The van der Waals surface area contributed by atoms with Crippen LogP contribution < -0.4 is 5.56 Å². The molecule has 0 bridgehead atoms. The Labute approximate surface area is 211 Å². The minimum atomic E-state index is -0.970. The molecule has 0 fully saturated rings. The first-order valence-electron chi connectivity index (χ1n) is 11.4. The normalized spacial score (nSPS) is 12.5. The largest absolute Gasteiger partial charge is 0.478 e. The Kier molecular flexibility index (Phi) is 6.76. The van der Waals surface area contributed by atoms with Gasteiger partial charge in [-0.25, -0.2) is 9.78 Å². The number of hydrogen-bond acceptors (Lipinski definition) is 4. The minimum Gasteiger partial charge on any atom is -0.478 e. The van der Waals surface area contributed by atoms with Crippen LogP contribution in [0.2, 0.25) is 0 Å². The van der Waals surface area contributed by atoms with E-state index in [-0.39, 0.29) is 17.0 Å². The van der Waals surface area contributed by atoms with E-state index >= 15 is 0 Å². The molecule has 2 aromatic carbocycles. The number of aryl methyl sites for hydroxylation is 2. The summed E-state index contributed by atoms with van der Waals surface area (Å²) in [5, 5.41) is 14.5. The van der Waals surface area contributed by atoms with Gasteiger partial charge in [-0.3, -0.25) is 4.79 Å². The molecule has 0 aliphatic rings. The fraction of sp³-hybridized carbons (Fsp3) is 0.259. The Morgan fingerprint density at radius 1 is 1.17 bits per heavy atom. The molecule has 0 aliphatic carbocycles. The van der Waals surface area contributed by atoms with E-state index in [1.807, 2.05) is 56.5 Å². The lowest BCUT2D eigenvalue weighted by atomic mass is 10.1. The zero-order valence-corrected chi connectivity index (χ0v) is 21.9. The predicted octanol–water partition coefficient (Wildman–Crippen LogP) is 5.97. The van der Waals surface area contributed by atoms with E-state index in [0.29, 0.717) is 16.7 Å². The Balaban J connectivity index is 1.86. The summed E-state index contributed by atoms with van der Waals surface area (Å²) in [4.78, 5) is 29.7. The van der Waals surface area contributed by atoms with Gasteiger partial charge in [0.15, 0.2) is 0 Å². The maximum absolute atomic E-state index is 13.4. The fourth-order valence-corrected chi connectivity index (χ4v) is 4.53. The van der Waals surface area contributed by atoms with E-state index in [1.165, 1.54) is 4.68 Å². The number of carbonyl (C=O) groups is 1. The number of carboxylic acids is 1. The predicted molar refractivity (Wildman–Crippen MR) is 142 cm³/mol. The number of carboxylic acid groups (broad SMARTS) is 1. The highest BCUT2D eigenvalue weighted by Gasteiger charge is 2.17. The Bertz CT molecular complexity index is 1550. The van der Waals surface area contributed by atoms with Gasteiger partial charge in [-0.2, -0.15) is 9.78 Å². The van der Waals surface area contributed by atoms with Crippen LogP contribution in [0, 0.1) is 20.8 Å². The summed E-state index contributed by atoms with van der Waals surface area (Å²) >= 11 is 3.44. The van der Waals surface area contributed by atoms with Crippen LogP contribution >= 0.6 is 15.9 Å². The molecule has 0 amide bonds. The van der Waals surface area contributed by atoms with Crippen molar-refractivity contribution in [3.8, 4) is 5.69 Å². The molecule has 0 saturated carbocycles. The van der Waals surface area contributed by atoms with Crippen LogP contribution in [-0.4, -0.2) is 31.5 Å². The molecular weight excluding hydrogens is 508 g/mol. The number of halogens is 1. The van der Waals surface area contributed by atoms with Gasteiger partial charge in [0.2, 0.25) is 0 Å². The van der Waals surface area contributed by atoms with Crippen molar-refractivity contribution in [1.82, 2.24) is 14.2 Å². The van der Waals surface area contributed by atoms with Gasteiger partial charge in [-0.05, 0) is 69.2 Å². The number of hydrogen-bond donors (Lipinski definition) is 1. The molecular formula is C27H27BrN4O3. The van der Waals surface area contributed by atoms with Crippen molar-refractivity contribution in [2.24, 2.45) is 5.10 Å². The molecule has 0 spiro atoms. The third-order valence-corrected chi connectivity index (χ3v) is 6.86. The second-order valence-corrected chi connectivity index (χ2v) is 9.69. The molecule has 1 N–H and O–H groups in total. The van der Waals surface area contributed by atoms with Gasteiger partial charge in [0.05, 0.1) is 22.7 Å². The van der Waals surface area contributed by atoms with Crippen LogP contribution in [0.4, 0.5) is 0 Å². The maximum atomic E-state index is 13.4. The van der Waals surface area contributed by atoms with Crippen molar-refractivity contribution in [2.75, 3.05) is 0 Å². The lowest BCUT2D eigenvalue weighted by Crippen LogP contribution is -2.23. The first-order valence-corrected chi connectivity index (χ1v) is 12.2. The first kappa shape index (κ1) is 24.6. The number of aromatic nitrogens is 3. The number of aromatic carboxylic acids is 1. The molecule has 7 nitrogen and oxygen atoms in total. The van der Waals surface area contributed by atoms with Crippen LogP contribution in [0.5, 0.6) is 0 Å². The second kappa shape index (κ2) is 9.62. The van der Waals surface area contributed by atoms with Crippen molar-refractivity contribution < 1.29 is 9.90 Å². The maximum Gasteiger partial charge on any atom is 0.335 e. The number of benzene rings is 2. The van der Waals surface area contributed by atoms with Gasteiger partial charge < -0.3 is 9.67 Å². The van der Waals surface area contributed by atoms with Crippen molar-refractivity contribution in [1.29, 1.82) is 0 Å². The summed E-state index contributed by atoms with van der Waals surface area (Å²) in [6.07, 6.45) is 2.49. The van der Waals surface area contributed by atoms with Crippen molar-refractivity contribution in [2.45, 2.75) is 47.0 Å². The van der Waals surface area contributed by atoms with Crippen molar-refractivity contribution >= 4 is 39.0 Å². The van der Waals surface area contributed by atoms with E-state index in [9.17, 15) is 14.7 Å². The molecule has 1 atom stereocenters. The highest BCUT2D eigenvalue weighted by Crippen LogP contribution is 2.25. The van der Waals surface area contributed by atoms with Crippen LogP contribution in [0.25, 0.3) is 16.6 Å². The molecule has 0 unspecified atom stereocenters. The van der Waals surface area contributed by atoms with Crippen molar-refractivity contribution in [3.05, 3.63) is 91.2 Å². The summed E-state index contributed by atoms with van der Waals surface area (Å²) in [6.45, 7) is 9.95. The SMILES string of the molecule is CC[C@H](C)c1nc2ccc(Br)cc2c(=O)n1N=Cc1cc(C)n(-c2cc(C(=O)O)ccc2C)c1C. The zero-order chi connectivity index (χ0) is 25.4. The topological polar surface area (TPSA) is 89.5 Å². The average molecular weight is 535 g/mol. The van der Waals surface area contributed by atoms with Gasteiger partial charge in [0.25, 0.3) is 5.56 Å². The van der Waals surface area contributed by atoms with E-state index < -0.39 is 5.97 Å². The quantitative estimate of drug-likeness (QED) is 0.308. The van der Waals surface area contributed by atoms with Crippen LogP contribution in [0.3, 0.4) is 0 Å².